The van der Waals surface area contributed by atoms with Gasteiger partial charge in [-0.1, -0.05) is 0 Å². The van der Waals surface area contributed by atoms with Crippen LogP contribution in [0.4, 0.5) is 0 Å². The quantitative estimate of drug-likeness (QED) is 0.727. The molecule has 0 aromatic carbocycles. The van der Waals surface area contributed by atoms with Crippen molar-refractivity contribution in [2.45, 2.75) is 19.9 Å². The van der Waals surface area contributed by atoms with E-state index in [2.05, 4.69) is 14.8 Å². The lowest BCUT2D eigenvalue weighted by molar-refractivity contribution is 0.140. The van der Waals surface area contributed by atoms with Crippen LogP contribution in [0.25, 0.3) is 11.4 Å². The lowest BCUT2D eigenvalue weighted by Crippen LogP contribution is -2.05. The van der Waals surface area contributed by atoms with E-state index in [0.29, 0.717) is 0 Å². The summed E-state index contributed by atoms with van der Waals surface area (Å²) in [6.45, 7) is 4.18. The van der Waals surface area contributed by atoms with Crippen LogP contribution < -0.4 is 0 Å². The largest absolute Gasteiger partial charge is 0.469 e. The summed E-state index contributed by atoms with van der Waals surface area (Å²) in [4.78, 5) is 0. The molecule has 1 aliphatic rings. The molecule has 0 unspecified atom stereocenters. The fraction of sp³-hybridized carbons (Fsp3) is 0.455. The number of hydrogen-bond donors (Lipinski definition) is 0. The third kappa shape index (κ3) is 1.44. The lowest BCUT2D eigenvalue weighted by atomic mass is 10.2. The number of rotatable bonds is 1. The zero-order valence-corrected chi connectivity index (χ0v) is 9.14. The number of fused-ring (bicyclic) bond motifs is 1. The highest BCUT2D eigenvalue weighted by Crippen LogP contribution is 2.24. The van der Waals surface area contributed by atoms with Gasteiger partial charge in [-0.05, 0) is 13.0 Å². The van der Waals surface area contributed by atoms with Crippen molar-refractivity contribution in [3.8, 4) is 11.4 Å². The molecule has 0 fully saturated rings. The van der Waals surface area contributed by atoms with Crippen LogP contribution >= 0.6 is 0 Å². The highest BCUT2D eigenvalue weighted by molar-refractivity contribution is 5.57. The second-order valence-corrected chi connectivity index (χ2v) is 3.84. The van der Waals surface area contributed by atoms with Gasteiger partial charge in [0.1, 0.15) is 11.6 Å². The fourth-order valence-corrected chi connectivity index (χ4v) is 1.99. The first kappa shape index (κ1) is 9.59. The van der Waals surface area contributed by atoms with Gasteiger partial charge in [-0.2, -0.15) is 0 Å². The normalized spacial score (nSPS) is 15.8. The fourth-order valence-electron chi connectivity index (χ4n) is 1.99. The molecule has 0 saturated carbocycles. The Morgan fingerprint density at radius 3 is 3.06 bits per heavy atom. The molecule has 0 spiro atoms. The molecule has 16 heavy (non-hydrogen) atoms. The van der Waals surface area contributed by atoms with Crippen LogP contribution in [-0.4, -0.2) is 28.0 Å². The van der Waals surface area contributed by atoms with Gasteiger partial charge in [0.05, 0.1) is 25.0 Å². The summed E-state index contributed by atoms with van der Waals surface area (Å²) in [6, 6.07) is 1.93. The Balaban J connectivity index is 2.09. The molecule has 0 bridgehead atoms. The molecule has 2 aromatic heterocycles. The van der Waals surface area contributed by atoms with E-state index < -0.39 is 0 Å². The Bertz CT molecular complexity index is 501. The molecule has 0 atom stereocenters. The van der Waals surface area contributed by atoms with E-state index in [9.17, 15) is 0 Å². The van der Waals surface area contributed by atoms with Crippen LogP contribution in [-0.2, 0) is 17.7 Å². The van der Waals surface area contributed by atoms with Crippen molar-refractivity contribution < 1.29 is 9.15 Å². The summed E-state index contributed by atoms with van der Waals surface area (Å²) in [6.07, 6.45) is 2.50. The van der Waals surface area contributed by atoms with E-state index in [1.54, 1.807) is 6.26 Å². The smallest absolute Gasteiger partial charge is 0.167 e. The van der Waals surface area contributed by atoms with Gasteiger partial charge in [0.15, 0.2) is 5.82 Å². The molecule has 84 valence electrons. The third-order valence-electron chi connectivity index (χ3n) is 2.86. The minimum absolute atomic E-state index is 0.717. The number of hydrogen-bond acceptors (Lipinski definition) is 4. The zero-order valence-electron chi connectivity index (χ0n) is 9.14. The second-order valence-electron chi connectivity index (χ2n) is 3.84. The van der Waals surface area contributed by atoms with E-state index in [-0.39, 0.29) is 0 Å². The molecule has 0 saturated heterocycles. The van der Waals surface area contributed by atoms with Crippen molar-refractivity contribution >= 4 is 0 Å². The zero-order chi connectivity index (χ0) is 11.0. The van der Waals surface area contributed by atoms with E-state index >= 15 is 0 Å². The van der Waals surface area contributed by atoms with Crippen LogP contribution in [0, 0.1) is 6.92 Å². The molecule has 2 aromatic rings. The molecule has 1 aliphatic heterocycles. The topological polar surface area (TPSA) is 53.1 Å². The maximum Gasteiger partial charge on any atom is 0.167 e. The first-order valence-electron chi connectivity index (χ1n) is 5.40. The van der Waals surface area contributed by atoms with Gasteiger partial charge in [0.2, 0.25) is 0 Å². The van der Waals surface area contributed by atoms with Crippen molar-refractivity contribution in [3.05, 3.63) is 23.9 Å². The van der Waals surface area contributed by atoms with Gasteiger partial charge in [0, 0.05) is 13.0 Å². The Morgan fingerprint density at radius 1 is 1.31 bits per heavy atom. The first-order chi connectivity index (χ1) is 7.86. The standard InChI is InChI=1S/C11H13N3O2/c1-8-9(2-6-16-8)11-13-12-10-3-5-15-7-4-14(10)11/h2,6H,3-5,7H2,1H3. The molecule has 3 heterocycles. The summed E-state index contributed by atoms with van der Waals surface area (Å²) < 4.78 is 12.8. The van der Waals surface area contributed by atoms with Crippen LogP contribution in [0.15, 0.2) is 16.7 Å². The van der Waals surface area contributed by atoms with Crippen LogP contribution in [0.3, 0.4) is 0 Å². The highest BCUT2D eigenvalue weighted by atomic mass is 16.5. The average Bonchev–Trinajstić information content (AvgIpc) is 2.78. The van der Waals surface area contributed by atoms with Crippen LogP contribution in [0.5, 0.6) is 0 Å². The molecule has 0 amide bonds. The summed E-state index contributed by atoms with van der Waals surface area (Å²) in [5.41, 5.74) is 1.01. The summed E-state index contributed by atoms with van der Waals surface area (Å²) in [5.74, 6) is 2.75. The summed E-state index contributed by atoms with van der Waals surface area (Å²) in [7, 11) is 0. The number of nitrogens with zero attached hydrogens (tertiary/aromatic N) is 3. The molecule has 5 nitrogen and oxygen atoms in total. The number of aromatic nitrogens is 3. The van der Waals surface area contributed by atoms with Crippen molar-refractivity contribution in [1.82, 2.24) is 14.8 Å². The van der Waals surface area contributed by atoms with Gasteiger partial charge >= 0.3 is 0 Å². The molecule has 0 N–H and O–H groups in total. The van der Waals surface area contributed by atoms with E-state index in [4.69, 9.17) is 9.15 Å². The number of furan rings is 1. The average molecular weight is 219 g/mol. The highest BCUT2D eigenvalue weighted by Gasteiger charge is 2.18. The first-order valence-corrected chi connectivity index (χ1v) is 5.40. The Hall–Kier alpha value is -1.62. The van der Waals surface area contributed by atoms with Gasteiger partial charge in [-0.25, -0.2) is 0 Å². The third-order valence-corrected chi connectivity index (χ3v) is 2.86. The van der Waals surface area contributed by atoms with Gasteiger partial charge in [-0.15, -0.1) is 10.2 Å². The van der Waals surface area contributed by atoms with Crippen molar-refractivity contribution in [3.63, 3.8) is 0 Å². The molecule has 3 rings (SSSR count). The number of aryl methyl sites for hydroxylation is 1. The molecular formula is C11H13N3O2. The predicted octanol–water partition coefficient (Wildman–Crippen LogP) is 1.42. The van der Waals surface area contributed by atoms with Crippen LogP contribution in [0.1, 0.15) is 11.6 Å². The SMILES string of the molecule is Cc1occc1-c1nnc2n1CCOCC2. The molecule has 0 aliphatic carbocycles. The Morgan fingerprint density at radius 2 is 2.25 bits per heavy atom. The molecular weight excluding hydrogens is 206 g/mol. The van der Waals surface area contributed by atoms with E-state index in [1.807, 2.05) is 13.0 Å². The van der Waals surface area contributed by atoms with Crippen molar-refractivity contribution in [1.29, 1.82) is 0 Å². The molecule has 5 heteroatoms. The summed E-state index contributed by atoms with van der Waals surface area (Å²) >= 11 is 0. The maximum absolute atomic E-state index is 5.43. The minimum Gasteiger partial charge on any atom is -0.469 e. The lowest BCUT2D eigenvalue weighted by Gasteiger charge is -2.04. The van der Waals surface area contributed by atoms with E-state index in [0.717, 1.165) is 49.2 Å². The monoisotopic (exact) mass is 219 g/mol. The van der Waals surface area contributed by atoms with Gasteiger partial charge in [0.25, 0.3) is 0 Å². The second kappa shape index (κ2) is 3.75. The minimum atomic E-state index is 0.717. The van der Waals surface area contributed by atoms with Crippen molar-refractivity contribution in [2.24, 2.45) is 0 Å². The maximum atomic E-state index is 5.43. The number of ether oxygens (including phenoxy) is 1. The van der Waals surface area contributed by atoms with Crippen molar-refractivity contribution in [2.75, 3.05) is 13.2 Å². The molecule has 0 radical (unpaired) electrons. The van der Waals surface area contributed by atoms with Gasteiger partial charge in [-0.3, -0.25) is 0 Å². The van der Waals surface area contributed by atoms with E-state index in [1.165, 1.54) is 0 Å². The predicted molar refractivity (Wildman–Crippen MR) is 57.0 cm³/mol. The van der Waals surface area contributed by atoms with Crippen LogP contribution in [0.2, 0.25) is 0 Å². The summed E-state index contributed by atoms with van der Waals surface area (Å²) in [5, 5.41) is 8.45. The Labute approximate surface area is 93.0 Å². The van der Waals surface area contributed by atoms with Gasteiger partial charge < -0.3 is 13.7 Å². The Kier molecular flexibility index (Phi) is 2.25.